The first-order chi connectivity index (χ1) is 17.6. The Morgan fingerprint density at radius 2 is 1.50 bits per heavy atom. The average Bonchev–Trinajstić information content (AvgIpc) is 3.63. The van der Waals surface area contributed by atoms with Gasteiger partial charge in [0.2, 0.25) is 0 Å². The predicted molar refractivity (Wildman–Crippen MR) is 128 cm³/mol. The zero-order valence-corrected chi connectivity index (χ0v) is 19.3. The average molecular weight is 486 g/mol. The Morgan fingerprint density at radius 1 is 0.833 bits per heavy atom. The van der Waals surface area contributed by atoms with Gasteiger partial charge in [0, 0.05) is 31.7 Å². The fourth-order valence-electron chi connectivity index (χ4n) is 3.92. The molecule has 10 heteroatoms. The number of furan rings is 1. The molecule has 1 aliphatic rings. The number of aromatic nitrogens is 3. The summed E-state index contributed by atoms with van der Waals surface area (Å²) in [5.41, 5.74) is 1.52. The summed E-state index contributed by atoms with van der Waals surface area (Å²) >= 11 is 0. The van der Waals surface area contributed by atoms with Crippen LogP contribution in [-0.2, 0) is 9.53 Å². The normalized spacial score (nSPS) is 13.4. The molecule has 1 saturated heterocycles. The summed E-state index contributed by atoms with van der Waals surface area (Å²) in [6.07, 6.45) is 1.45. The number of hydrogen-bond donors (Lipinski definition) is 0. The van der Waals surface area contributed by atoms with Crippen molar-refractivity contribution in [3.8, 4) is 17.1 Å². The first-order valence-electron chi connectivity index (χ1n) is 11.5. The van der Waals surface area contributed by atoms with E-state index in [0.29, 0.717) is 32.0 Å². The number of ether oxygens (including phenoxy) is 1. The molecule has 0 saturated carbocycles. The number of esters is 1. The molecular weight excluding hydrogens is 462 g/mol. The van der Waals surface area contributed by atoms with Crippen molar-refractivity contribution in [1.82, 2.24) is 24.6 Å². The molecule has 5 rings (SSSR count). The van der Waals surface area contributed by atoms with Gasteiger partial charge in [-0.3, -0.25) is 9.59 Å². The molecule has 2 amide bonds. The molecule has 10 nitrogen and oxygen atoms in total. The van der Waals surface area contributed by atoms with Gasteiger partial charge in [0.25, 0.3) is 17.6 Å². The van der Waals surface area contributed by atoms with E-state index in [1.165, 1.54) is 6.26 Å². The maximum Gasteiger partial charge on any atom is 0.378 e. The highest BCUT2D eigenvalue weighted by Crippen LogP contribution is 2.21. The van der Waals surface area contributed by atoms with Gasteiger partial charge >= 0.3 is 5.97 Å². The van der Waals surface area contributed by atoms with Crippen molar-refractivity contribution >= 4 is 17.8 Å². The van der Waals surface area contributed by atoms with Gasteiger partial charge in [-0.1, -0.05) is 48.5 Å². The third-order valence-corrected chi connectivity index (χ3v) is 5.80. The summed E-state index contributed by atoms with van der Waals surface area (Å²) in [6, 6.07) is 22.0. The van der Waals surface area contributed by atoms with Gasteiger partial charge in [-0.15, -0.1) is 5.10 Å². The molecule has 182 valence electrons. The minimum atomic E-state index is -0.790. The van der Waals surface area contributed by atoms with Crippen LogP contribution in [-0.4, -0.2) is 75.1 Å². The standard InChI is InChI=1S/C26H23N5O5/c32-22(29-13-15-30(16-14-29)25(33)21-12-7-17-35-21)18-36-26(34)23-27-24(19-8-3-1-4-9-19)31(28-23)20-10-5-2-6-11-20/h1-12,17H,13-16,18H2. The van der Waals surface area contributed by atoms with E-state index in [0.717, 1.165) is 11.3 Å². The van der Waals surface area contributed by atoms with Crippen molar-refractivity contribution in [1.29, 1.82) is 0 Å². The largest absolute Gasteiger partial charge is 0.459 e. The van der Waals surface area contributed by atoms with E-state index in [9.17, 15) is 14.4 Å². The van der Waals surface area contributed by atoms with Crippen molar-refractivity contribution in [2.75, 3.05) is 32.8 Å². The molecule has 0 unspecified atom stereocenters. The van der Waals surface area contributed by atoms with Crippen LogP contribution in [0, 0.1) is 0 Å². The van der Waals surface area contributed by atoms with E-state index in [4.69, 9.17) is 9.15 Å². The number of amides is 2. The molecular formula is C26H23N5O5. The van der Waals surface area contributed by atoms with Crippen molar-refractivity contribution in [3.63, 3.8) is 0 Å². The number of hydrogen-bond acceptors (Lipinski definition) is 7. The summed E-state index contributed by atoms with van der Waals surface area (Å²) in [5.74, 6) is -0.744. The highest BCUT2D eigenvalue weighted by atomic mass is 16.5. The minimum absolute atomic E-state index is 0.139. The first kappa shape index (κ1) is 23.0. The molecule has 2 aromatic heterocycles. The Morgan fingerprint density at radius 3 is 2.17 bits per heavy atom. The molecule has 3 heterocycles. The number of carbonyl (C=O) groups is 3. The van der Waals surface area contributed by atoms with Crippen LogP contribution in [0.2, 0.25) is 0 Å². The number of piperazine rings is 1. The molecule has 0 bridgehead atoms. The lowest BCUT2D eigenvalue weighted by molar-refractivity contribution is -0.136. The molecule has 1 fully saturated rings. The number of carbonyl (C=O) groups excluding carboxylic acids is 3. The van der Waals surface area contributed by atoms with Gasteiger partial charge < -0.3 is 19.0 Å². The Kier molecular flexibility index (Phi) is 6.57. The van der Waals surface area contributed by atoms with Crippen LogP contribution in [0.5, 0.6) is 0 Å². The van der Waals surface area contributed by atoms with Crippen molar-refractivity contribution in [2.45, 2.75) is 0 Å². The topological polar surface area (TPSA) is 111 Å². The zero-order chi connectivity index (χ0) is 24.9. The molecule has 0 radical (unpaired) electrons. The third-order valence-electron chi connectivity index (χ3n) is 5.80. The Balaban J connectivity index is 1.22. The molecule has 0 aliphatic carbocycles. The SMILES string of the molecule is O=C(OCC(=O)N1CCN(C(=O)c2ccco2)CC1)c1nc(-c2ccccc2)n(-c2ccccc2)n1. The van der Waals surface area contributed by atoms with Gasteiger partial charge in [-0.25, -0.2) is 14.5 Å². The monoisotopic (exact) mass is 485 g/mol. The summed E-state index contributed by atoms with van der Waals surface area (Å²) in [4.78, 5) is 45.3. The molecule has 36 heavy (non-hydrogen) atoms. The second kappa shape index (κ2) is 10.3. The fraction of sp³-hybridized carbons (Fsp3) is 0.192. The summed E-state index contributed by atoms with van der Waals surface area (Å²) in [5, 5.41) is 4.35. The van der Waals surface area contributed by atoms with Crippen LogP contribution in [0.1, 0.15) is 21.2 Å². The van der Waals surface area contributed by atoms with Crippen LogP contribution in [0.4, 0.5) is 0 Å². The van der Waals surface area contributed by atoms with E-state index in [2.05, 4.69) is 10.1 Å². The van der Waals surface area contributed by atoms with Crippen LogP contribution in [0.3, 0.4) is 0 Å². The Hall–Kier alpha value is -4.73. The first-order valence-corrected chi connectivity index (χ1v) is 11.5. The van der Waals surface area contributed by atoms with E-state index in [1.807, 2.05) is 60.7 Å². The lowest BCUT2D eigenvalue weighted by Crippen LogP contribution is -2.51. The van der Waals surface area contributed by atoms with Crippen molar-refractivity contribution in [2.24, 2.45) is 0 Å². The molecule has 2 aromatic carbocycles. The number of nitrogens with zero attached hydrogens (tertiary/aromatic N) is 5. The van der Waals surface area contributed by atoms with Gasteiger partial charge in [0.05, 0.1) is 12.0 Å². The second-order valence-corrected chi connectivity index (χ2v) is 8.10. The Bertz CT molecular complexity index is 1290. The number of para-hydroxylation sites is 1. The third kappa shape index (κ3) is 4.88. The van der Waals surface area contributed by atoms with Crippen molar-refractivity contribution < 1.29 is 23.5 Å². The van der Waals surface area contributed by atoms with Gasteiger partial charge in [0.1, 0.15) is 0 Å². The second-order valence-electron chi connectivity index (χ2n) is 8.10. The minimum Gasteiger partial charge on any atom is -0.459 e. The van der Waals surface area contributed by atoms with E-state index in [-0.39, 0.29) is 23.4 Å². The van der Waals surface area contributed by atoms with Gasteiger partial charge in [-0.2, -0.15) is 0 Å². The van der Waals surface area contributed by atoms with Gasteiger partial charge in [-0.05, 0) is 24.3 Å². The van der Waals surface area contributed by atoms with Gasteiger partial charge in [0.15, 0.2) is 18.2 Å². The maximum absolute atomic E-state index is 12.7. The van der Waals surface area contributed by atoms with Crippen LogP contribution in [0.15, 0.2) is 83.5 Å². The molecule has 1 aliphatic heterocycles. The smallest absolute Gasteiger partial charge is 0.378 e. The van der Waals surface area contributed by atoms with Crippen LogP contribution >= 0.6 is 0 Å². The molecule has 4 aromatic rings. The fourth-order valence-corrected chi connectivity index (χ4v) is 3.92. The summed E-state index contributed by atoms with van der Waals surface area (Å²) in [6.45, 7) is 0.959. The van der Waals surface area contributed by atoms with Crippen LogP contribution < -0.4 is 0 Å². The number of rotatable bonds is 6. The summed E-state index contributed by atoms with van der Waals surface area (Å²) < 4.78 is 12.0. The molecule has 0 atom stereocenters. The predicted octanol–water partition coefficient (Wildman–Crippen LogP) is 2.67. The van der Waals surface area contributed by atoms with Crippen LogP contribution in [0.25, 0.3) is 17.1 Å². The Labute approximate surface area is 206 Å². The lowest BCUT2D eigenvalue weighted by Gasteiger charge is -2.34. The molecule has 0 N–H and O–H groups in total. The highest BCUT2D eigenvalue weighted by molar-refractivity contribution is 5.92. The quantitative estimate of drug-likeness (QED) is 0.386. The zero-order valence-electron chi connectivity index (χ0n) is 19.3. The van der Waals surface area contributed by atoms with E-state index < -0.39 is 12.6 Å². The lowest BCUT2D eigenvalue weighted by atomic mass is 10.2. The molecule has 0 spiro atoms. The maximum atomic E-state index is 12.7. The van der Waals surface area contributed by atoms with Crippen molar-refractivity contribution in [3.05, 3.63) is 90.6 Å². The van der Waals surface area contributed by atoms with E-state index >= 15 is 0 Å². The van der Waals surface area contributed by atoms with E-state index in [1.54, 1.807) is 26.6 Å². The highest BCUT2D eigenvalue weighted by Gasteiger charge is 2.27. The summed E-state index contributed by atoms with van der Waals surface area (Å²) in [7, 11) is 0. The number of benzene rings is 2.